The highest BCUT2D eigenvalue weighted by Crippen LogP contribution is 2.43. The molecular formula is C23H24N2O3S. The smallest absolute Gasteiger partial charge is 0.265 e. The molecule has 29 heavy (non-hydrogen) atoms. The number of aryl methyl sites for hydroxylation is 2. The molecule has 0 aromatic heterocycles. The molecule has 1 atom stereocenters. The van der Waals surface area contributed by atoms with E-state index in [0.717, 1.165) is 18.2 Å². The van der Waals surface area contributed by atoms with Crippen LogP contribution in [0, 0.1) is 6.92 Å². The Morgan fingerprint density at radius 3 is 2.55 bits per heavy atom. The van der Waals surface area contributed by atoms with Gasteiger partial charge in [0, 0.05) is 11.9 Å². The molecule has 5 nitrogen and oxygen atoms in total. The first kappa shape index (κ1) is 19.5. The topological polar surface area (TPSA) is 66.5 Å². The summed E-state index contributed by atoms with van der Waals surface area (Å²) in [5.41, 5.74) is 3.02. The van der Waals surface area contributed by atoms with Gasteiger partial charge in [-0.05, 0) is 49.8 Å². The number of carbonyl (C=O) groups is 1. The molecule has 0 unspecified atom stereocenters. The van der Waals surface area contributed by atoms with Gasteiger partial charge in [-0.25, -0.2) is 8.42 Å². The van der Waals surface area contributed by atoms with Crippen LogP contribution in [-0.4, -0.2) is 26.9 Å². The molecule has 4 rings (SSSR count). The second-order valence-corrected chi connectivity index (χ2v) is 9.28. The number of amides is 1. The summed E-state index contributed by atoms with van der Waals surface area (Å²) in [5.74, 6) is -0.289. The fourth-order valence-electron chi connectivity index (χ4n) is 3.96. The Labute approximate surface area is 171 Å². The molecule has 150 valence electrons. The van der Waals surface area contributed by atoms with Crippen LogP contribution in [-0.2, 0) is 21.2 Å². The summed E-state index contributed by atoms with van der Waals surface area (Å²) in [6.07, 6.45) is 1.66. The van der Waals surface area contributed by atoms with Crippen LogP contribution in [0.1, 0.15) is 24.5 Å². The maximum Gasteiger partial charge on any atom is 0.265 e. The average molecular weight is 409 g/mol. The highest BCUT2D eigenvalue weighted by atomic mass is 32.2. The van der Waals surface area contributed by atoms with Crippen LogP contribution in [0.2, 0.25) is 0 Å². The molecule has 1 amide bonds. The van der Waals surface area contributed by atoms with Crippen LogP contribution in [0.4, 0.5) is 5.69 Å². The molecule has 1 N–H and O–H groups in total. The lowest BCUT2D eigenvalue weighted by atomic mass is 10.1. The second-order valence-electron chi connectivity index (χ2n) is 7.49. The second kappa shape index (κ2) is 7.52. The van der Waals surface area contributed by atoms with Gasteiger partial charge in [0.2, 0.25) is 5.91 Å². The summed E-state index contributed by atoms with van der Waals surface area (Å²) < 4.78 is 27.5. The number of hydrogen-bond acceptors (Lipinski definition) is 3. The molecule has 3 aromatic rings. The van der Waals surface area contributed by atoms with Crippen LogP contribution < -0.4 is 9.62 Å². The van der Waals surface area contributed by atoms with E-state index >= 15 is 0 Å². The van der Waals surface area contributed by atoms with Crippen molar-refractivity contribution in [3.8, 4) is 0 Å². The number of rotatable bonds is 6. The zero-order valence-corrected chi connectivity index (χ0v) is 17.4. The highest BCUT2D eigenvalue weighted by Gasteiger charge is 2.40. The third-order valence-corrected chi connectivity index (χ3v) is 7.30. The lowest BCUT2D eigenvalue weighted by Gasteiger charge is -2.25. The van der Waals surface area contributed by atoms with Gasteiger partial charge in [-0.2, -0.15) is 0 Å². The van der Waals surface area contributed by atoms with Gasteiger partial charge in [0.05, 0.1) is 10.6 Å². The van der Waals surface area contributed by atoms with Crippen molar-refractivity contribution in [2.24, 2.45) is 0 Å². The Morgan fingerprint density at radius 1 is 1.07 bits per heavy atom. The third kappa shape index (κ3) is 3.49. The van der Waals surface area contributed by atoms with E-state index < -0.39 is 16.1 Å². The van der Waals surface area contributed by atoms with Crippen LogP contribution in [0.15, 0.2) is 65.6 Å². The zero-order valence-electron chi connectivity index (χ0n) is 16.6. The molecule has 0 saturated carbocycles. The summed E-state index contributed by atoms with van der Waals surface area (Å²) in [4.78, 5) is 13.0. The summed E-state index contributed by atoms with van der Waals surface area (Å²) in [6.45, 7) is 4.20. The predicted molar refractivity (Wildman–Crippen MR) is 116 cm³/mol. The molecule has 0 saturated heterocycles. The standard InChI is InChI=1S/C23H24N2O3S/c1-16-7-3-8-18(15-16)9-6-14-24-23(26)17(2)25-20-12-4-10-19-11-5-13-21(22(19)20)29(25,27)28/h3-5,7-8,10-13,15,17H,6,9,14H2,1-2H3,(H,24,26)/t17-/m1/s1. The van der Waals surface area contributed by atoms with Gasteiger partial charge < -0.3 is 5.32 Å². The van der Waals surface area contributed by atoms with Gasteiger partial charge in [0.15, 0.2) is 0 Å². The largest absolute Gasteiger partial charge is 0.354 e. The maximum absolute atomic E-state index is 13.1. The molecular weight excluding hydrogens is 384 g/mol. The van der Waals surface area contributed by atoms with Crippen molar-refractivity contribution in [3.05, 3.63) is 71.8 Å². The molecule has 1 aliphatic rings. The van der Waals surface area contributed by atoms with E-state index in [1.165, 1.54) is 15.4 Å². The lowest BCUT2D eigenvalue weighted by Crippen LogP contribution is -2.47. The lowest BCUT2D eigenvalue weighted by molar-refractivity contribution is -0.121. The summed E-state index contributed by atoms with van der Waals surface area (Å²) in [5, 5.41) is 4.44. The van der Waals surface area contributed by atoms with Gasteiger partial charge in [0.1, 0.15) is 6.04 Å². The van der Waals surface area contributed by atoms with Gasteiger partial charge in [-0.1, -0.05) is 54.1 Å². The molecule has 1 aliphatic heterocycles. The van der Waals surface area contributed by atoms with E-state index in [9.17, 15) is 13.2 Å². The third-order valence-electron chi connectivity index (χ3n) is 5.37. The minimum absolute atomic E-state index is 0.268. The van der Waals surface area contributed by atoms with E-state index in [4.69, 9.17) is 0 Å². The van der Waals surface area contributed by atoms with Crippen molar-refractivity contribution in [3.63, 3.8) is 0 Å². The van der Waals surface area contributed by atoms with Crippen molar-refractivity contribution in [2.75, 3.05) is 10.8 Å². The summed E-state index contributed by atoms with van der Waals surface area (Å²) in [7, 11) is -3.75. The van der Waals surface area contributed by atoms with Crippen molar-refractivity contribution < 1.29 is 13.2 Å². The number of carbonyl (C=O) groups excluding carboxylic acids is 1. The van der Waals surface area contributed by atoms with Gasteiger partial charge in [-0.3, -0.25) is 9.10 Å². The fourth-order valence-corrected chi connectivity index (χ4v) is 5.83. The number of nitrogens with zero attached hydrogens (tertiary/aromatic N) is 1. The van der Waals surface area contributed by atoms with Crippen LogP contribution in [0.25, 0.3) is 10.8 Å². The van der Waals surface area contributed by atoms with E-state index in [0.29, 0.717) is 17.6 Å². The summed E-state index contributed by atoms with van der Waals surface area (Å²) in [6, 6.07) is 18.2. The van der Waals surface area contributed by atoms with E-state index in [1.54, 1.807) is 25.1 Å². The molecule has 0 fully saturated rings. The highest BCUT2D eigenvalue weighted by molar-refractivity contribution is 7.93. The molecule has 6 heteroatoms. The first-order chi connectivity index (χ1) is 13.9. The number of nitrogens with one attached hydrogen (secondary N) is 1. The van der Waals surface area contributed by atoms with Gasteiger partial charge in [-0.15, -0.1) is 0 Å². The minimum Gasteiger partial charge on any atom is -0.354 e. The Bertz CT molecular complexity index is 1180. The number of anilines is 1. The summed E-state index contributed by atoms with van der Waals surface area (Å²) >= 11 is 0. The Hall–Kier alpha value is -2.86. The first-order valence-corrected chi connectivity index (χ1v) is 11.2. The van der Waals surface area contributed by atoms with E-state index in [2.05, 4.69) is 30.4 Å². The SMILES string of the molecule is Cc1cccc(CCCNC(=O)[C@@H](C)N2c3cccc4cccc(c34)S2(=O)=O)c1. The zero-order chi connectivity index (χ0) is 20.6. The molecule has 3 aromatic carbocycles. The van der Waals surface area contributed by atoms with Crippen LogP contribution >= 0.6 is 0 Å². The number of hydrogen-bond donors (Lipinski definition) is 1. The quantitative estimate of drug-likeness (QED) is 0.631. The number of sulfonamides is 1. The van der Waals surface area contributed by atoms with Crippen LogP contribution in [0.3, 0.4) is 0 Å². The predicted octanol–water partition coefficient (Wildman–Crippen LogP) is 3.79. The Kier molecular flexibility index (Phi) is 5.04. The van der Waals surface area contributed by atoms with Crippen molar-refractivity contribution in [1.82, 2.24) is 5.32 Å². The minimum atomic E-state index is -3.75. The van der Waals surface area contributed by atoms with Gasteiger partial charge in [0.25, 0.3) is 10.0 Å². The van der Waals surface area contributed by atoms with Crippen molar-refractivity contribution in [2.45, 2.75) is 37.6 Å². The molecule has 0 spiro atoms. The number of benzene rings is 3. The Morgan fingerprint density at radius 2 is 1.79 bits per heavy atom. The molecule has 1 heterocycles. The van der Waals surface area contributed by atoms with Crippen molar-refractivity contribution >= 4 is 32.4 Å². The van der Waals surface area contributed by atoms with Gasteiger partial charge >= 0.3 is 0 Å². The Balaban J connectivity index is 1.46. The fraction of sp³-hybridized carbons (Fsp3) is 0.261. The van der Waals surface area contributed by atoms with E-state index in [-0.39, 0.29) is 10.8 Å². The monoisotopic (exact) mass is 408 g/mol. The van der Waals surface area contributed by atoms with E-state index in [1.807, 2.05) is 24.3 Å². The molecule has 0 radical (unpaired) electrons. The maximum atomic E-state index is 13.1. The normalized spacial score (nSPS) is 15.4. The average Bonchev–Trinajstić information content (AvgIpc) is 2.93. The molecule has 0 aliphatic carbocycles. The van der Waals surface area contributed by atoms with Crippen LogP contribution in [0.5, 0.6) is 0 Å². The molecule has 0 bridgehead atoms. The van der Waals surface area contributed by atoms with Crippen molar-refractivity contribution in [1.29, 1.82) is 0 Å². The first-order valence-electron chi connectivity index (χ1n) is 9.79.